The van der Waals surface area contributed by atoms with E-state index in [1.807, 2.05) is 25.1 Å². The second-order valence-corrected chi connectivity index (χ2v) is 4.35. The summed E-state index contributed by atoms with van der Waals surface area (Å²) in [5.41, 5.74) is 1.84. The van der Waals surface area contributed by atoms with Gasteiger partial charge in [-0.15, -0.1) is 0 Å². The van der Waals surface area contributed by atoms with Gasteiger partial charge in [0.15, 0.2) is 0 Å². The van der Waals surface area contributed by atoms with Crippen LogP contribution in [0.5, 0.6) is 5.75 Å². The van der Waals surface area contributed by atoms with Gasteiger partial charge in [0, 0.05) is 6.42 Å². The molecule has 0 spiro atoms. The number of hydrogen-bond donors (Lipinski definition) is 2. The van der Waals surface area contributed by atoms with Gasteiger partial charge in [-0.2, -0.15) is 0 Å². The van der Waals surface area contributed by atoms with E-state index in [1.165, 1.54) is 0 Å². The molecule has 0 aromatic heterocycles. The van der Waals surface area contributed by atoms with Crippen LogP contribution in [0.1, 0.15) is 18.4 Å². The quantitative estimate of drug-likeness (QED) is 0.789. The molecule has 1 aromatic carbocycles. The average Bonchev–Trinajstić information content (AvgIpc) is 2.33. The molecule has 1 unspecified atom stereocenters. The van der Waals surface area contributed by atoms with E-state index in [0.29, 0.717) is 18.6 Å². The molecule has 1 aliphatic heterocycles. The number of rotatable bonds is 3. The molecule has 1 saturated heterocycles. The highest BCUT2D eigenvalue weighted by Crippen LogP contribution is 2.26. The van der Waals surface area contributed by atoms with E-state index in [-0.39, 0.29) is 11.8 Å². The van der Waals surface area contributed by atoms with Crippen molar-refractivity contribution in [3.05, 3.63) is 23.8 Å². The summed E-state index contributed by atoms with van der Waals surface area (Å²) in [5.74, 6) is 0.189. The minimum Gasteiger partial charge on any atom is -0.495 e. The van der Waals surface area contributed by atoms with Gasteiger partial charge in [0.05, 0.1) is 12.8 Å². The Kier molecular flexibility index (Phi) is 3.50. The maximum atomic E-state index is 11.7. The molecule has 1 fully saturated rings. The smallest absolute Gasteiger partial charge is 0.249 e. The monoisotopic (exact) mass is 248 g/mol. The van der Waals surface area contributed by atoms with Crippen LogP contribution in [0.3, 0.4) is 0 Å². The molecule has 2 amide bonds. The SMILES string of the molecule is COc1ccc(C)cc1NC1CCC(=O)NC1=O. The van der Waals surface area contributed by atoms with E-state index in [0.717, 1.165) is 11.3 Å². The van der Waals surface area contributed by atoms with Gasteiger partial charge >= 0.3 is 0 Å². The zero-order chi connectivity index (χ0) is 13.1. The van der Waals surface area contributed by atoms with Crippen LogP contribution in [-0.4, -0.2) is 25.0 Å². The zero-order valence-electron chi connectivity index (χ0n) is 10.4. The van der Waals surface area contributed by atoms with Crippen molar-refractivity contribution >= 4 is 17.5 Å². The number of imide groups is 1. The van der Waals surface area contributed by atoms with Gasteiger partial charge in [0.1, 0.15) is 11.8 Å². The van der Waals surface area contributed by atoms with Gasteiger partial charge in [0.25, 0.3) is 0 Å². The molecule has 1 heterocycles. The Morgan fingerprint density at radius 3 is 2.83 bits per heavy atom. The van der Waals surface area contributed by atoms with Gasteiger partial charge in [-0.05, 0) is 31.0 Å². The first kappa shape index (κ1) is 12.4. The Morgan fingerprint density at radius 2 is 2.17 bits per heavy atom. The van der Waals surface area contributed by atoms with Crippen LogP contribution in [0.4, 0.5) is 5.69 Å². The lowest BCUT2D eigenvalue weighted by Crippen LogP contribution is -2.47. The summed E-state index contributed by atoms with van der Waals surface area (Å²) in [6.07, 6.45) is 0.860. The van der Waals surface area contributed by atoms with E-state index >= 15 is 0 Å². The zero-order valence-corrected chi connectivity index (χ0v) is 10.4. The molecule has 0 radical (unpaired) electrons. The number of piperidine rings is 1. The molecule has 18 heavy (non-hydrogen) atoms. The number of benzene rings is 1. The topological polar surface area (TPSA) is 67.4 Å². The third-order valence-electron chi connectivity index (χ3n) is 2.92. The molecular formula is C13H16N2O3. The van der Waals surface area contributed by atoms with E-state index in [1.54, 1.807) is 7.11 Å². The maximum Gasteiger partial charge on any atom is 0.249 e. The highest BCUT2D eigenvalue weighted by molar-refractivity contribution is 6.01. The number of amides is 2. The molecule has 0 saturated carbocycles. The molecule has 1 aliphatic rings. The highest BCUT2D eigenvalue weighted by atomic mass is 16.5. The fraction of sp³-hybridized carbons (Fsp3) is 0.385. The van der Waals surface area contributed by atoms with Crippen LogP contribution in [0.2, 0.25) is 0 Å². The molecule has 5 heteroatoms. The van der Waals surface area contributed by atoms with Crippen LogP contribution in [0.15, 0.2) is 18.2 Å². The molecule has 0 aliphatic carbocycles. The summed E-state index contributed by atoms with van der Waals surface area (Å²) in [4.78, 5) is 22.7. The second kappa shape index (κ2) is 5.08. The maximum absolute atomic E-state index is 11.7. The Morgan fingerprint density at radius 1 is 1.39 bits per heavy atom. The van der Waals surface area contributed by atoms with Crippen LogP contribution in [-0.2, 0) is 9.59 Å². The Bertz CT molecular complexity index is 485. The number of aryl methyl sites for hydroxylation is 1. The van der Waals surface area contributed by atoms with Crippen LogP contribution in [0.25, 0.3) is 0 Å². The lowest BCUT2D eigenvalue weighted by molar-refractivity contribution is -0.133. The van der Waals surface area contributed by atoms with Crippen molar-refractivity contribution in [3.63, 3.8) is 0 Å². The summed E-state index contributed by atoms with van der Waals surface area (Å²) in [6, 6.07) is 5.32. The van der Waals surface area contributed by atoms with Crippen molar-refractivity contribution in [1.82, 2.24) is 5.32 Å². The molecule has 2 rings (SSSR count). The normalized spacial score (nSPS) is 19.3. The number of nitrogens with one attached hydrogen (secondary N) is 2. The van der Waals surface area contributed by atoms with E-state index in [9.17, 15) is 9.59 Å². The molecule has 1 atom stereocenters. The summed E-state index contributed by atoms with van der Waals surface area (Å²) in [6.45, 7) is 1.97. The van der Waals surface area contributed by atoms with E-state index in [2.05, 4.69) is 10.6 Å². The number of anilines is 1. The number of hydrogen-bond acceptors (Lipinski definition) is 4. The standard InChI is InChI=1S/C13H16N2O3/c1-8-3-5-11(18-2)10(7-8)14-9-4-6-12(16)15-13(9)17/h3,5,7,9,14H,4,6H2,1-2H3,(H,15,16,17). The summed E-state index contributed by atoms with van der Waals surface area (Å²) in [7, 11) is 1.58. The van der Waals surface area contributed by atoms with Crippen molar-refractivity contribution in [2.24, 2.45) is 0 Å². The van der Waals surface area contributed by atoms with Crippen molar-refractivity contribution in [3.8, 4) is 5.75 Å². The second-order valence-electron chi connectivity index (χ2n) is 4.35. The Labute approximate surface area is 106 Å². The van der Waals surface area contributed by atoms with Crippen molar-refractivity contribution in [2.75, 3.05) is 12.4 Å². The molecule has 2 N–H and O–H groups in total. The predicted molar refractivity (Wildman–Crippen MR) is 67.5 cm³/mol. The van der Waals surface area contributed by atoms with Crippen LogP contribution < -0.4 is 15.4 Å². The molecule has 5 nitrogen and oxygen atoms in total. The average molecular weight is 248 g/mol. The Balaban J connectivity index is 2.16. The van der Waals surface area contributed by atoms with Crippen LogP contribution >= 0.6 is 0 Å². The van der Waals surface area contributed by atoms with Crippen molar-refractivity contribution in [2.45, 2.75) is 25.8 Å². The van der Waals surface area contributed by atoms with E-state index in [4.69, 9.17) is 4.74 Å². The molecule has 96 valence electrons. The fourth-order valence-corrected chi connectivity index (χ4v) is 1.95. The third-order valence-corrected chi connectivity index (χ3v) is 2.92. The fourth-order valence-electron chi connectivity index (χ4n) is 1.95. The van der Waals surface area contributed by atoms with Gasteiger partial charge in [-0.25, -0.2) is 0 Å². The van der Waals surface area contributed by atoms with E-state index < -0.39 is 6.04 Å². The first-order valence-corrected chi connectivity index (χ1v) is 5.85. The largest absolute Gasteiger partial charge is 0.495 e. The van der Waals surface area contributed by atoms with Crippen molar-refractivity contribution in [1.29, 1.82) is 0 Å². The summed E-state index contributed by atoms with van der Waals surface area (Å²) in [5, 5.41) is 5.44. The number of carbonyl (C=O) groups is 2. The van der Waals surface area contributed by atoms with Crippen molar-refractivity contribution < 1.29 is 14.3 Å². The van der Waals surface area contributed by atoms with Gasteiger partial charge in [-0.3, -0.25) is 14.9 Å². The number of methoxy groups -OCH3 is 1. The molecule has 1 aromatic rings. The molecular weight excluding hydrogens is 232 g/mol. The van der Waals surface area contributed by atoms with Gasteiger partial charge in [0.2, 0.25) is 11.8 Å². The predicted octanol–water partition coefficient (Wildman–Crippen LogP) is 1.22. The minimum absolute atomic E-state index is 0.214. The van der Waals surface area contributed by atoms with Crippen LogP contribution in [0, 0.1) is 6.92 Å². The first-order chi connectivity index (χ1) is 8.60. The lowest BCUT2D eigenvalue weighted by Gasteiger charge is -2.23. The first-order valence-electron chi connectivity index (χ1n) is 5.85. The van der Waals surface area contributed by atoms with Gasteiger partial charge < -0.3 is 10.1 Å². The molecule has 0 bridgehead atoms. The third kappa shape index (κ3) is 2.61. The number of ether oxygens (including phenoxy) is 1. The summed E-state index contributed by atoms with van der Waals surface area (Å²) < 4.78 is 5.24. The minimum atomic E-state index is -0.390. The number of carbonyl (C=O) groups excluding carboxylic acids is 2. The van der Waals surface area contributed by atoms with Gasteiger partial charge in [-0.1, -0.05) is 6.07 Å². The lowest BCUT2D eigenvalue weighted by atomic mass is 10.1. The highest BCUT2D eigenvalue weighted by Gasteiger charge is 2.26. The summed E-state index contributed by atoms with van der Waals surface area (Å²) >= 11 is 0. The Hall–Kier alpha value is -2.04.